The summed E-state index contributed by atoms with van der Waals surface area (Å²) in [4.78, 5) is 13.9. The summed E-state index contributed by atoms with van der Waals surface area (Å²) < 4.78 is 15.9. The van der Waals surface area contributed by atoms with Crippen molar-refractivity contribution in [2.75, 3.05) is 20.8 Å². The van der Waals surface area contributed by atoms with E-state index in [0.29, 0.717) is 35.6 Å². The third kappa shape index (κ3) is 2.97. The minimum absolute atomic E-state index is 0.383. The van der Waals surface area contributed by atoms with Crippen LogP contribution in [0.2, 0.25) is 0 Å². The molecule has 0 spiro atoms. The fourth-order valence-electron chi connectivity index (χ4n) is 3.24. The number of ether oxygens (including phenoxy) is 3. The molecule has 1 aliphatic heterocycles. The minimum Gasteiger partial charge on any atom is -0.497 e. The number of hydrogen-bond acceptors (Lipinski definition) is 5. The summed E-state index contributed by atoms with van der Waals surface area (Å²) in [5.41, 5.74) is -0.344. The molecular formula is C20H23NO5. The molecule has 138 valence electrons. The summed E-state index contributed by atoms with van der Waals surface area (Å²) in [5, 5.41) is 11.6. The van der Waals surface area contributed by atoms with E-state index in [1.807, 2.05) is 6.92 Å². The molecule has 1 amide bonds. The molecule has 2 aromatic carbocycles. The summed E-state index contributed by atoms with van der Waals surface area (Å²) in [7, 11) is 3.16. The standard InChI is InChI=1S/C20H23NO5/c1-4-13-21-19(22)26-18(14-5-9-16(24-2)10-6-14)20(21,23)15-7-11-17(25-3)12-8-15/h5-12,18,23H,4,13H2,1-3H3/t18-,20-/m0/s1. The van der Waals surface area contributed by atoms with Gasteiger partial charge in [0.15, 0.2) is 6.10 Å². The molecule has 6 heteroatoms. The molecule has 0 aromatic heterocycles. The van der Waals surface area contributed by atoms with Crippen molar-refractivity contribution in [3.63, 3.8) is 0 Å². The Balaban J connectivity index is 2.06. The number of carbonyl (C=O) groups is 1. The van der Waals surface area contributed by atoms with Gasteiger partial charge in [-0.2, -0.15) is 0 Å². The van der Waals surface area contributed by atoms with Crippen LogP contribution in [-0.2, 0) is 10.5 Å². The Bertz CT molecular complexity index is 759. The Labute approximate surface area is 152 Å². The van der Waals surface area contributed by atoms with E-state index >= 15 is 0 Å². The van der Waals surface area contributed by atoms with Crippen molar-refractivity contribution in [3.8, 4) is 11.5 Å². The summed E-state index contributed by atoms with van der Waals surface area (Å²) in [5.74, 6) is 1.36. The Kier molecular flexibility index (Phi) is 5.04. The third-order valence-electron chi connectivity index (χ3n) is 4.60. The van der Waals surface area contributed by atoms with Gasteiger partial charge in [0.1, 0.15) is 11.5 Å². The van der Waals surface area contributed by atoms with Crippen molar-refractivity contribution in [2.24, 2.45) is 0 Å². The van der Waals surface area contributed by atoms with Crippen molar-refractivity contribution < 1.29 is 24.1 Å². The van der Waals surface area contributed by atoms with Crippen LogP contribution in [0, 0.1) is 0 Å². The maximum atomic E-state index is 12.5. The van der Waals surface area contributed by atoms with Crippen LogP contribution >= 0.6 is 0 Å². The van der Waals surface area contributed by atoms with Gasteiger partial charge in [-0.3, -0.25) is 4.90 Å². The predicted octanol–water partition coefficient (Wildman–Crippen LogP) is 3.45. The Morgan fingerprint density at radius 3 is 2.08 bits per heavy atom. The summed E-state index contributed by atoms with van der Waals surface area (Å²) in [6.07, 6.45) is -0.685. The Hall–Kier alpha value is -2.73. The number of cyclic esters (lactones) is 1. The van der Waals surface area contributed by atoms with E-state index in [0.717, 1.165) is 0 Å². The molecule has 2 aromatic rings. The highest BCUT2D eigenvalue weighted by Crippen LogP contribution is 2.47. The molecule has 1 N–H and O–H groups in total. The number of nitrogens with zero attached hydrogens (tertiary/aromatic N) is 1. The zero-order valence-electron chi connectivity index (χ0n) is 15.1. The van der Waals surface area contributed by atoms with Crippen molar-refractivity contribution in [1.82, 2.24) is 4.90 Å². The number of hydrogen-bond donors (Lipinski definition) is 1. The average Bonchev–Trinajstić information content (AvgIpc) is 2.94. The van der Waals surface area contributed by atoms with E-state index in [-0.39, 0.29) is 0 Å². The fourth-order valence-corrected chi connectivity index (χ4v) is 3.24. The van der Waals surface area contributed by atoms with Crippen LogP contribution in [0.3, 0.4) is 0 Å². The maximum Gasteiger partial charge on any atom is 0.413 e. The number of benzene rings is 2. The van der Waals surface area contributed by atoms with Gasteiger partial charge >= 0.3 is 6.09 Å². The SMILES string of the molecule is CCCN1C(=O)O[C@@H](c2ccc(OC)cc2)[C@@]1(O)c1ccc(OC)cc1. The summed E-state index contributed by atoms with van der Waals surface area (Å²) >= 11 is 0. The highest BCUT2D eigenvalue weighted by Gasteiger charge is 2.55. The second-order valence-corrected chi connectivity index (χ2v) is 6.14. The van der Waals surface area contributed by atoms with E-state index in [2.05, 4.69) is 0 Å². The molecule has 0 bridgehead atoms. The van der Waals surface area contributed by atoms with Gasteiger partial charge in [-0.15, -0.1) is 0 Å². The summed E-state index contributed by atoms with van der Waals surface area (Å²) in [6, 6.07) is 14.2. The van der Waals surface area contributed by atoms with Crippen LogP contribution in [0.4, 0.5) is 4.79 Å². The average molecular weight is 357 g/mol. The molecule has 2 atom stereocenters. The lowest BCUT2D eigenvalue weighted by molar-refractivity contribution is -0.109. The normalized spacial score (nSPS) is 22.2. The fraction of sp³-hybridized carbons (Fsp3) is 0.350. The molecule has 3 rings (SSSR count). The van der Waals surface area contributed by atoms with Gasteiger partial charge in [-0.05, 0) is 36.2 Å². The van der Waals surface area contributed by atoms with Gasteiger partial charge < -0.3 is 19.3 Å². The highest BCUT2D eigenvalue weighted by atomic mass is 16.6. The molecule has 1 aliphatic rings. The predicted molar refractivity (Wildman–Crippen MR) is 96.1 cm³/mol. The van der Waals surface area contributed by atoms with E-state index in [1.54, 1.807) is 62.8 Å². The monoisotopic (exact) mass is 357 g/mol. The smallest absolute Gasteiger partial charge is 0.413 e. The molecule has 0 aliphatic carbocycles. The molecule has 0 radical (unpaired) electrons. The molecule has 1 saturated heterocycles. The highest BCUT2D eigenvalue weighted by molar-refractivity contribution is 5.72. The molecule has 1 heterocycles. The van der Waals surface area contributed by atoms with E-state index in [1.165, 1.54) is 4.90 Å². The second-order valence-electron chi connectivity index (χ2n) is 6.14. The van der Waals surface area contributed by atoms with Gasteiger partial charge in [-0.25, -0.2) is 4.79 Å². The van der Waals surface area contributed by atoms with Crippen LogP contribution in [0.25, 0.3) is 0 Å². The largest absolute Gasteiger partial charge is 0.497 e. The molecule has 26 heavy (non-hydrogen) atoms. The second kappa shape index (κ2) is 7.25. The molecule has 6 nitrogen and oxygen atoms in total. The first-order valence-corrected chi connectivity index (χ1v) is 8.53. The van der Waals surface area contributed by atoms with Crippen molar-refractivity contribution in [3.05, 3.63) is 59.7 Å². The van der Waals surface area contributed by atoms with Gasteiger partial charge in [0.2, 0.25) is 5.72 Å². The summed E-state index contributed by atoms with van der Waals surface area (Å²) in [6.45, 7) is 2.33. The van der Waals surface area contributed by atoms with Crippen molar-refractivity contribution in [2.45, 2.75) is 25.2 Å². The first-order valence-electron chi connectivity index (χ1n) is 8.53. The first-order chi connectivity index (χ1) is 12.5. The Morgan fingerprint density at radius 2 is 1.58 bits per heavy atom. The number of amides is 1. The number of methoxy groups -OCH3 is 2. The van der Waals surface area contributed by atoms with Crippen LogP contribution in [0.5, 0.6) is 11.5 Å². The van der Waals surface area contributed by atoms with Crippen molar-refractivity contribution in [1.29, 1.82) is 0 Å². The lowest BCUT2D eigenvalue weighted by Gasteiger charge is -2.34. The van der Waals surface area contributed by atoms with Gasteiger partial charge in [0, 0.05) is 12.1 Å². The van der Waals surface area contributed by atoms with E-state index < -0.39 is 17.9 Å². The van der Waals surface area contributed by atoms with E-state index in [4.69, 9.17) is 14.2 Å². The van der Waals surface area contributed by atoms with Gasteiger partial charge in [-0.1, -0.05) is 31.2 Å². The molecule has 0 unspecified atom stereocenters. The number of rotatable bonds is 6. The number of aliphatic hydroxyl groups is 1. The zero-order chi connectivity index (χ0) is 18.7. The third-order valence-corrected chi connectivity index (χ3v) is 4.60. The molecule has 0 saturated carbocycles. The van der Waals surface area contributed by atoms with Crippen LogP contribution in [0.1, 0.15) is 30.6 Å². The lowest BCUT2D eigenvalue weighted by Crippen LogP contribution is -2.46. The lowest BCUT2D eigenvalue weighted by atomic mass is 9.91. The maximum absolute atomic E-state index is 12.5. The van der Waals surface area contributed by atoms with Crippen LogP contribution in [0.15, 0.2) is 48.5 Å². The van der Waals surface area contributed by atoms with E-state index in [9.17, 15) is 9.90 Å². The quantitative estimate of drug-likeness (QED) is 0.858. The van der Waals surface area contributed by atoms with Gasteiger partial charge in [0.05, 0.1) is 14.2 Å². The zero-order valence-corrected chi connectivity index (χ0v) is 15.1. The van der Waals surface area contributed by atoms with Crippen molar-refractivity contribution >= 4 is 6.09 Å². The number of carbonyl (C=O) groups excluding carboxylic acids is 1. The molecular weight excluding hydrogens is 334 g/mol. The van der Waals surface area contributed by atoms with Crippen LogP contribution < -0.4 is 9.47 Å². The first kappa shape index (κ1) is 18.1. The van der Waals surface area contributed by atoms with Crippen LogP contribution in [-0.4, -0.2) is 36.9 Å². The van der Waals surface area contributed by atoms with Gasteiger partial charge in [0.25, 0.3) is 0 Å². The minimum atomic E-state index is -1.60. The topological polar surface area (TPSA) is 68.2 Å². The Morgan fingerprint density at radius 1 is 1.04 bits per heavy atom. The molecule has 1 fully saturated rings.